The number of nitrogens with zero attached hydrogens (tertiary/aromatic N) is 3. The Kier molecular flexibility index (Phi) is 8.47. The zero-order valence-corrected chi connectivity index (χ0v) is 22.4. The second kappa shape index (κ2) is 11.8. The molecule has 4 rings (SSSR count). The van der Waals surface area contributed by atoms with Gasteiger partial charge in [0.25, 0.3) is 5.91 Å². The molecule has 0 saturated heterocycles. The normalized spacial score (nSPS) is 17.5. The third kappa shape index (κ3) is 6.48. The van der Waals surface area contributed by atoms with Crippen molar-refractivity contribution in [2.45, 2.75) is 51.8 Å². The van der Waals surface area contributed by atoms with Crippen molar-refractivity contribution < 1.29 is 22.7 Å². The highest BCUT2D eigenvalue weighted by atomic mass is 32.2. The van der Waals surface area contributed by atoms with Gasteiger partial charge in [-0.05, 0) is 43.5 Å². The van der Waals surface area contributed by atoms with Crippen molar-refractivity contribution in [1.82, 2.24) is 9.99 Å². The first-order valence-corrected chi connectivity index (χ1v) is 14.0. The van der Waals surface area contributed by atoms with Gasteiger partial charge in [-0.25, -0.2) is 13.4 Å². The van der Waals surface area contributed by atoms with Gasteiger partial charge < -0.3 is 10.1 Å². The number of aryl methyl sites for hydroxylation is 2. The Morgan fingerprint density at radius 2 is 1.78 bits per heavy atom. The van der Waals surface area contributed by atoms with E-state index in [4.69, 9.17) is 9.84 Å². The first kappa shape index (κ1) is 26.6. The summed E-state index contributed by atoms with van der Waals surface area (Å²) in [6, 6.07) is 14.5. The van der Waals surface area contributed by atoms with Crippen LogP contribution in [-0.2, 0) is 32.5 Å². The van der Waals surface area contributed by atoms with E-state index in [9.17, 15) is 18.0 Å². The van der Waals surface area contributed by atoms with Gasteiger partial charge in [0.1, 0.15) is 21.7 Å². The molecule has 1 N–H and O–H groups in total. The fourth-order valence-electron chi connectivity index (χ4n) is 4.06. The van der Waals surface area contributed by atoms with E-state index in [1.165, 1.54) is 11.3 Å². The van der Waals surface area contributed by atoms with Crippen molar-refractivity contribution in [2.24, 2.45) is 5.10 Å². The molecule has 1 aliphatic heterocycles. The second-order valence-corrected chi connectivity index (χ2v) is 10.8. The molecule has 0 bridgehead atoms. The summed E-state index contributed by atoms with van der Waals surface area (Å²) in [6.45, 7) is 5.95. The predicted octanol–water partition coefficient (Wildman–Crippen LogP) is 3.66. The van der Waals surface area contributed by atoms with Crippen LogP contribution in [0.15, 0.2) is 53.6 Å². The van der Waals surface area contributed by atoms with Crippen molar-refractivity contribution in [2.75, 3.05) is 5.32 Å². The van der Waals surface area contributed by atoms with Crippen molar-refractivity contribution in [3.63, 3.8) is 0 Å². The molecular weight excluding hydrogens is 512 g/mol. The summed E-state index contributed by atoms with van der Waals surface area (Å²) in [5.41, 5.74) is 4.41. The van der Waals surface area contributed by atoms with E-state index < -0.39 is 16.9 Å². The molecule has 1 aliphatic rings. The average Bonchev–Trinajstić information content (AvgIpc) is 3.23. The summed E-state index contributed by atoms with van der Waals surface area (Å²) in [4.78, 5) is 29.3. The molecule has 2 aromatic carbocycles. The molecule has 2 atom stereocenters. The molecular formula is C26H28N4O5S2. The number of thiol groups is 1. The van der Waals surface area contributed by atoms with Gasteiger partial charge in [-0.3, -0.25) is 14.6 Å². The van der Waals surface area contributed by atoms with Gasteiger partial charge in [0.2, 0.25) is 6.23 Å². The molecule has 0 fully saturated rings. The number of aromatic nitrogens is 1. The topological polar surface area (TPSA) is 118 Å². The molecule has 37 heavy (non-hydrogen) atoms. The smallest absolute Gasteiger partial charge is 0.267 e. The molecule has 1 amide bonds. The lowest BCUT2D eigenvalue weighted by Gasteiger charge is -2.35. The Balaban J connectivity index is 1.51. The number of carbonyl (C=O) groups is 2. The highest BCUT2D eigenvalue weighted by Gasteiger charge is 2.31. The molecule has 11 heteroatoms. The van der Waals surface area contributed by atoms with Gasteiger partial charge >= 0.3 is 0 Å². The second-order valence-electron chi connectivity index (χ2n) is 8.63. The third-order valence-corrected chi connectivity index (χ3v) is 7.55. The maximum absolute atomic E-state index is 12.6. The zero-order chi connectivity index (χ0) is 26.5. The number of aldehydes is 1. The van der Waals surface area contributed by atoms with E-state index in [0.717, 1.165) is 22.4 Å². The number of benzene rings is 2. The number of rotatable bonds is 9. The molecule has 2 unspecified atom stereocenters. The van der Waals surface area contributed by atoms with Crippen LogP contribution < -0.4 is 5.32 Å². The van der Waals surface area contributed by atoms with E-state index >= 15 is 0 Å². The van der Waals surface area contributed by atoms with Gasteiger partial charge in [0.05, 0.1) is 28.7 Å². The molecule has 9 nitrogen and oxygen atoms in total. The first-order valence-electron chi connectivity index (χ1n) is 11.8. The van der Waals surface area contributed by atoms with Gasteiger partial charge in [0, 0.05) is 11.3 Å². The van der Waals surface area contributed by atoms with Crippen molar-refractivity contribution in [1.29, 1.82) is 0 Å². The number of hydrazone groups is 1. The lowest BCUT2D eigenvalue weighted by atomic mass is 10.0. The first-order chi connectivity index (χ1) is 17.8. The van der Waals surface area contributed by atoms with Crippen LogP contribution in [0.2, 0.25) is 0 Å². The van der Waals surface area contributed by atoms with Crippen LogP contribution in [0.25, 0.3) is 0 Å². The van der Waals surface area contributed by atoms with Crippen LogP contribution in [-0.4, -0.2) is 48.6 Å². The molecule has 0 saturated carbocycles. The highest BCUT2D eigenvalue weighted by Crippen LogP contribution is 2.24. The third-order valence-electron chi connectivity index (χ3n) is 5.85. The van der Waals surface area contributed by atoms with E-state index in [1.807, 2.05) is 45.0 Å². The van der Waals surface area contributed by atoms with Crippen LogP contribution in [0.3, 0.4) is 0 Å². The molecule has 194 valence electrons. The Hall–Kier alpha value is -3.41. The fourth-order valence-corrected chi connectivity index (χ4v) is 5.39. The SMILES string of the molecule is CCC1OC(C=O)N(Cc2ccc(NC(=O)c3sc(C)nc3C)cc2)N=C1c1ccc(C[SH](=O)=O)cc1. The van der Waals surface area contributed by atoms with Crippen molar-refractivity contribution in [3.8, 4) is 0 Å². The van der Waals surface area contributed by atoms with Crippen LogP contribution >= 0.6 is 11.3 Å². The molecule has 2 heterocycles. The molecule has 3 aromatic rings. The average molecular weight is 541 g/mol. The quantitative estimate of drug-likeness (QED) is 0.314. The number of hydrogen-bond donors (Lipinski definition) is 2. The van der Waals surface area contributed by atoms with Crippen LogP contribution in [0.4, 0.5) is 5.69 Å². The predicted molar refractivity (Wildman–Crippen MR) is 144 cm³/mol. The lowest BCUT2D eigenvalue weighted by molar-refractivity contribution is -0.139. The number of amides is 1. The summed E-state index contributed by atoms with van der Waals surface area (Å²) < 4.78 is 28.1. The van der Waals surface area contributed by atoms with Crippen molar-refractivity contribution in [3.05, 3.63) is 80.8 Å². The van der Waals surface area contributed by atoms with Crippen molar-refractivity contribution >= 4 is 45.6 Å². The number of carbonyl (C=O) groups excluding carboxylic acids is 2. The van der Waals surface area contributed by atoms with Crippen LogP contribution in [0.5, 0.6) is 0 Å². The number of nitrogens with one attached hydrogen (secondary N) is 1. The maximum atomic E-state index is 12.6. The lowest BCUT2D eigenvalue weighted by Crippen LogP contribution is -2.45. The minimum Gasteiger partial charge on any atom is -0.340 e. The summed E-state index contributed by atoms with van der Waals surface area (Å²) in [6.07, 6.45) is 0.141. The monoisotopic (exact) mass is 540 g/mol. The minimum absolute atomic E-state index is 0.0188. The molecule has 0 spiro atoms. The van der Waals surface area contributed by atoms with Gasteiger partial charge in [0.15, 0.2) is 6.29 Å². The Labute approximate surface area is 221 Å². The summed E-state index contributed by atoms with van der Waals surface area (Å²) in [5, 5.41) is 10.1. The summed E-state index contributed by atoms with van der Waals surface area (Å²) >= 11 is 1.36. The largest absolute Gasteiger partial charge is 0.340 e. The zero-order valence-electron chi connectivity index (χ0n) is 20.7. The maximum Gasteiger partial charge on any atom is 0.267 e. The number of ether oxygens (including phenoxy) is 1. The van der Waals surface area contributed by atoms with E-state index in [-0.39, 0.29) is 17.8 Å². The standard InChI is InChI=1S/C26H28N4O5S2/c1-4-22-24(20-9-5-19(6-10-20)15-37(33)34)29-30(23(14-31)35-22)13-18-7-11-21(12-8-18)28-26(32)25-16(2)27-17(3)36-25/h5-12,14,22-23,37H,4,13,15H2,1-3H3,(H,28,32). The number of anilines is 1. The fraction of sp³-hybridized carbons (Fsp3) is 0.308. The Morgan fingerprint density at radius 1 is 1.11 bits per heavy atom. The van der Waals surface area contributed by atoms with Crippen LogP contribution in [0.1, 0.15) is 50.4 Å². The van der Waals surface area contributed by atoms with Gasteiger partial charge in [-0.1, -0.05) is 43.3 Å². The van der Waals surface area contributed by atoms with E-state index in [2.05, 4.69) is 10.3 Å². The minimum atomic E-state index is -2.50. The molecule has 1 aromatic heterocycles. The van der Waals surface area contributed by atoms with Gasteiger partial charge in [-0.15, -0.1) is 11.3 Å². The molecule has 0 aliphatic carbocycles. The number of hydrogen-bond acceptors (Lipinski definition) is 9. The number of thiazole rings is 1. The summed E-state index contributed by atoms with van der Waals surface area (Å²) in [5.74, 6) is -0.219. The van der Waals surface area contributed by atoms with E-state index in [1.54, 1.807) is 29.3 Å². The van der Waals surface area contributed by atoms with Gasteiger partial charge in [-0.2, -0.15) is 5.10 Å². The van der Waals surface area contributed by atoms with Crippen LogP contribution in [0, 0.1) is 13.8 Å². The highest BCUT2D eigenvalue weighted by molar-refractivity contribution is 7.71. The molecule has 0 radical (unpaired) electrons. The summed E-state index contributed by atoms with van der Waals surface area (Å²) in [7, 11) is -2.50. The Morgan fingerprint density at radius 3 is 2.35 bits per heavy atom. The Bertz CT molecular complexity index is 1370. The van der Waals surface area contributed by atoms with E-state index in [0.29, 0.717) is 40.5 Å².